The highest BCUT2D eigenvalue weighted by Gasteiger charge is 2.36. The summed E-state index contributed by atoms with van der Waals surface area (Å²) in [5.74, 6) is -1.01. The second-order valence-electron chi connectivity index (χ2n) is 8.18. The van der Waals surface area contributed by atoms with E-state index in [9.17, 15) is 19.2 Å². The lowest BCUT2D eigenvalue weighted by atomic mass is 10.1. The first kappa shape index (κ1) is 27.1. The highest BCUT2D eigenvalue weighted by atomic mass is 79.9. The van der Waals surface area contributed by atoms with Crippen molar-refractivity contribution in [1.82, 2.24) is 5.32 Å². The van der Waals surface area contributed by atoms with Crippen LogP contribution < -0.4 is 25.0 Å². The van der Waals surface area contributed by atoms with Crippen molar-refractivity contribution in [2.45, 2.75) is 6.92 Å². The van der Waals surface area contributed by atoms with Gasteiger partial charge in [-0.05, 0) is 105 Å². The molecule has 1 aliphatic rings. The molecule has 0 spiro atoms. The molecule has 38 heavy (non-hydrogen) atoms. The first-order chi connectivity index (χ1) is 18.2. The van der Waals surface area contributed by atoms with E-state index in [0.29, 0.717) is 31.7 Å². The van der Waals surface area contributed by atoms with Gasteiger partial charge in [-0.2, -0.15) is 0 Å². The van der Waals surface area contributed by atoms with E-state index in [0.717, 1.165) is 10.5 Å². The molecular weight excluding hydrogens is 622 g/mol. The fourth-order valence-electron chi connectivity index (χ4n) is 3.65. The predicted octanol–water partition coefficient (Wildman–Crippen LogP) is 5.21. The van der Waals surface area contributed by atoms with Crippen LogP contribution >= 0.6 is 31.9 Å². The molecule has 0 saturated carbocycles. The number of aryl methyl sites for hydroxylation is 1. The van der Waals surface area contributed by atoms with Gasteiger partial charge in [0.15, 0.2) is 6.61 Å². The van der Waals surface area contributed by atoms with Crippen LogP contribution in [0.5, 0.6) is 11.5 Å². The number of urea groups is 1. The topological polar surface area (TPSA) is 114 Å². The van der Waals surface area contributed by atoms with Gasteiger partial charge in [0.2, 0.25) is 0 Å². The molecule has 1 heterocycles. The van der Waals surface area contributed by atoms with Crippen LogP contribution in [0, 0.1) is 6.92 Å². The molecule has 194 valence electrons. The van der Waals surface area contributed by atoms with Crippen LogP contribution in [0.2, 0.25) is 0 Å². The van der Waals surface area contributed by atoms with E-state index in [1.165, 1.54) is 25.3 Å². The van der Waals surface area contributed by atoms with Crippen molar-refractivity contribution >= 4 is 73.1 Å². The summed E-state index contributed by atoms with van der Waals surface area (Å²) < 4.78 is 11.8. The summed E-state index contributed by atoms with van der Waals surface area (Å²) in [4.78, 5) is 51.3. The third kappa shape index (κ3) is 6.12. The predicted molar refractivity (Wildman–Crippen MR) is 149 cm³/mol. The fourth-order valence-corrected chi connectivity index (χ4v) is 5.10. The maximum absolute atomic E-state index is 13.1. The molecule has 11 heteroatoms. The highest BCUT2D eigenvalue weighted by molar-refractivity contribution is 9.11. The minimum atomic E-state index is -0.850. The lowest BCUT2D eigenvalue weighted by Gasteiger charge is -2.26. The smallest absolute Gasteiger partial charge is 0.335 e. The van der Waals surface area contributed by atoms with Crippen molar-refractivity contribution in [3.05, 3.63) is 86.3 Å². The van der Waals surface area contributed by atoms with Crippen LogP contribution in [0.15, 0.2) is 75.2 Å². The summed E-state index contributed by atoms with van der Waals surface area (Å²) in [6.07, 6.45) is 1.37. The van der Waals surface area contributed by atoms with Crippen LogP contribution in [0.1, 0.15) is 11.1 Å². The van der Waals surface area contributed by atoms with Gasteiger partial charge in [0.25, 0.3) is 17.7 Å². The summed E-state index contributed by atoms with van der Waals surface area (Å²) >= 11 is 6.83. The number of amides is 5. The Hall–Kier alpha value is -3.96. The van der Waals surface area contributed by atoms with E-state index >= 15 is 0 Å². The number of hydrogen-bond donors (Lipinski definition) is 2. The molecule has 0 aromatic heterocycles. The first-order valence-electron chi connectivity index (χ1n) is 11.2. The first-order valence-corrected chi connectivity index (χ1v) is 12.8. The summed E-state index contributed by atoms with van der Waals surface area (Å²) in [6.45, 7) is 1.68. The number of methoxy groups -OCH3 is 1. The number of carbonyl (C=O) groups excluding carboxylic acids is 4. The number of hydrogen-bond acceptors (Lipinski definition) is 6. The molecule has 3 aromatic carbocycles. The monoisotopic (exact) mass is 641 g/mol. The Balaban J connectivity index is 1.52. The SMILES string of the molecule is COc1ccc(N2C(=O)NC(=O)/C(=C\c3cc(Br)c(OCC(=O)Nc4cccc(C)c4)c(Br)c3)C2=O)cc1. The number of nitrogens with zero attached hydrogens (tertiary/aromatic N) is 1. The van der Waals surface area contributed by atoms with Gasteiger partial charge < -0.3 is 14.8 Å². The number of nitrogens with one attached hydrogen (secondary N) is 2. The van der Waals surface area contributed by atoms with Gasteiger partial charge >= 0.3 is 6.03 Å². The fraction of sp³-hybridized carbons (Fsp3) is 0.111. The van der Waals surface area contributed by atoms with Gasteiger partial charge in [0, 0.05) is 5.69 Å². The molecule has 1 saturated heterocycles. The highest BCUT2D eigenvalue weighted by Crippen LogP contribution is 2.36. The molecule has 0 aliphatic carbocycles. The zero-order chi connectivity index (χ0) is 27.4. The number of rotatable bonds is 7. The Morgan fingerprint density at radius 1 is 1.03 bits per heavy atom. The minimum Gasteiger partial charge on any atom is -0.497 e. The lowest BCUT2D eigenvalue weighted by molar-refractivity contribution is -0.122. The zero-order valence-corrected chi connectivity index (χ0v) is 23.4. The molecule has 5 amide bonds. The minimum absolute atomic E-state index is 0.231. The molecule has 0 atom stereocenters. The number of carbonyl (C=O) groups is 4. The van der Waals surface area contributed by atoms with E-state index in [1.807, 2.05) is 25.1 Å². The van der Waals surface area contributed by atoms with Crippen molar-refractivity contribution in [1.29, 1.82) is 0 Å². The molecule has 2 N–H and O–H groups in total. The average Bonchev–Trinajstić information content (AvgIpc) is 2.86. The quantitative estimate of drug-likeness (QED) is 0.270. The maximum atomic E-state index is 13.1. The third-order valence-electron chi connectivity index (χ3n) is 5.41. The molecule has 4 rings (SSSR count). The van der Waals surface area contributed by atoms with Crippen LogP contribution in [-0.4, -0.2) is 37.5 Å². The number of imide groups is 2. The Morgan fingerprint density at radius 2 is 1.71 bits per heavy atom. The van der Waals surface area contributed by atoms with Crippen molar-refractivity contribution in [2.75, 3.05) is 23.9 Å². The van der Waals surface area contributed by atoms with E-state index in [1.54, 1.807) is 30.3 Å². The number of barbiturate groups is 1. The van der Waals surface area contributed by atoms with Crippen molar-refractivity contribution < 1.29 is 28.7 Å². The summed E-state index contributed by atoms with van der Waals surface area (Å²) in [5.41, 5.74) is 2.20. The Morgan fingerprint density at radius 3 is 2.34 bits per heavy atom. The Bertz CT molecular complexity index is 1450. The van der Waals surface area contributed by atoms with Gasteiger partial charge in [-0.15, -0.1) is 0 Å². The van der Waals surface area contributed by atoms with Gasteiger partial charge in [-0.25, -0.2) is 9.69 Å². The molecule has 3 aromatic rings. The van der Waals surface area contributed by atoms with Crippen LogP contribution in [0.3, 0.4) is 0 Å². The molecule has 0 radical (unpaired) electrons. The molecular formula is C27H21Br2N3O6. The van der Waals surface area contributed by atoms with E-state index in [-0.39, 0.29) is 23.8 Å². The number of anilines is 2. The number of ether oxygens (including phenoxy) is 2. The Kier molecular flexibility index (Phi) is 8.28. The van der Waals surface area contributed by atoms with Crippen LogP contribution in [0.25, 0.3) is 6.08 Å². The third-order valence-corrected chi connectivity index (χ3v) is 6.59. The summed E-state index contributed by atoms with van der Waals surface area (Å²) in [6, 6.07) is 16.1. The maximum Gasteiger partial charge on any atom is 0.335 e. The van der Waals surface area contributed by atoms with E-state index in [2.05, 4.69) is 42.5 Å². The second-order valence-corrected chi connectivity index (χ2v) is 9.88. The van der Waals surface area contributed by atoms with Crippen LogP contribution in [-0.2, 0) is 14.4 Å². The largest absolute Gasteiger partial charge is 0.497 e. The second kappa shape index (κ2) is 11.6. The molecule has 0 unspecified atom stereocenters. The lowest BCUT2D eigenvalue weighted by Crippen LogP contribution is -2.54. The van der Waals surface area contributed by atoms with Gasteiger partial charge in [-0.3, -0.25) is 19.7 Å². The molecule has 9 nitrogen and oxygen atoms in total. The molecule has 1 aliphatic heterocycles. The van der Waals surface area contributed by atoms with Crippen molar-refractivity contribution in [3.8, 4) is 11.5 Å². The standard InChI is InChI=1S/C27H21Br2N3O6/c1-15-4-3-5-17(10-15)30-23(33)14-38-24-21(28)12-16(13-22(24)29)11-20-25(34)31-27(36)32(26(20)35)18-6-8-19(37-2)9-7-18/h3-13H,14H2,1-2H3,(H,30,33)(H,31,34,36)/b20-11+. The van der Waals surface area contributed by atoms with Crippen molar-refractivity contribution in [3.63, 3.8) is 0 Å². The molecule has 1 fully saturated rings. The van der Waals surface area contributed by atoms with Gasteiger partial charge in [0.05, 0.1) is 21.7 Å². The van der Waals surface area contributed by atoms with E-state index in [4.69, 9.17) is 9.47 Å². The number of benzene rings is 3. The van der Waals surface area contributed by atoms with Gasteiger partial charge in [0.1, 0.15) is 17.1 Å². The zero-order valence-electron chi connectivity index (χ0n) is 20.2. The average molecular weight is 643 g/mol. The summed E-state index contributed by atoms with van der Waals surface area (Å²) in [7, 11) is 1.50. The molecule has 0 bridgehead atoms. The Labute approximate surface area is 235 Å². The van der Waals surface area contributed by atoms with Gasteiger partial charge in [-0.1, -0.05) is 12.1 Å². The van der Waals surface area contributed by atoms with Crippen LogP contribution in [0.4, 0.5) is 16.2 Å². The number of halogens is 2. The van der Waals surface area contributed by atoms with Crippen molar-refractivity contribution in [2.24, 2.45) is 0 Å². The summed E-state index contributed by atoms with van der Waals surface area (Å²) in [5, 5.41) is 4.96. The normalized spacial score (nSPS) is 14.4. The van der Waals surface area contributed by atoms with E-state index < -0.39 is 17.8 Å².